The van der Waals surface area contributed by atoms with Gasteiger partial charge in [0.25, 0.3) is 0 Å². The van der Waals surface area contributed by atoms with E-state index in [-0.39, 0.29) is 18.1 Å². The van der Waals surface area contributed by atoms with Crippen LogP contribution in [0.25, 0.3) is 0 Å². The molecule has 1 aromatic carbocycles. The Bertz CT molecular complexity index is 336. The number of halogens is 1. The fourth-order valence-corrected chi connectivity index (χ4v) is 1.08. The largest absolute Gasteiger partial charge is 0.464 e. The molecule has 0 heterocycles. The minimum Gasteiger partial charge on any atom is -0.464 e. The van der Waals surface area contributed by atoms with Gasteiger partial charge in [-0.15, -0.1) is 0 Å². The van der Waals surface area contributed by atoms with Crippen molar-refractivity contribution in [2.45, 2.75) is 6.92 Å². The van der Waals surface area contributed by atoms with Gasteiger partial charge in [-0.3, -0.25) is 4.79 Å². The van der Waals surface area contributed by atoms with E-state index in [9.17, 15) is 9.18 Å². The van der Waals surface area contributed by atoms with Crippen molar-refractivity contribution in [1.82, 2.24) is 0 Å². The molecular formula is C10H11FO3. The molecule has 0 N–H and O–H groups in total. The van der Waals surface area contributed by atoms with Gasteiger partial charge < -0.3 is 9.47 Å². The summed E-state index contributed by atoms with van der Waals surface area (Å²) in [4.78, 5) is 10.5. The normalized spacial score (nSPS) is 9.93. The fourth-order valence-electron chi connectivity index (χ4n) is 1.08. The molecule has 0 atom stereocenters. The second-order valence-corrected chi connectivity index (χ2v) is 2.83. The Hall–Kier alpha value is -1.42. The smallest absolute Gasteiger partial charge is 0.188 e. The molecule has 0 amide bonds. The first-order chi connectivity index (χ1) is 6.69. The van der Waals surface area contributed by atoms with Crippen LogP contribution in [0.4, 0.5) is 4.39 Å². The van der Waals surface area contributed by atoms with E-state index in [4.69, 9.17) is 4.74 Å². The number of carbonyl (C=O) groups is 1. The van der Waals surface area contributed by atoms with Crippen LogP contribution in [-0.2, 0) is 4.74 Å². The van der Waals surface area contributed by atoms with E-state index in [0.29, 0.717) is 6.29 Å². The number of carbonyl (C=O) groups excluding carboxylic acids is 1. The highest BCUT2D eigenvalue weighted by Gasteiger charge is 2.09. The molecule has 76 valence electrons. The zero-order chi connectivity index (χ0) is 10.6. The number of hydrogen-bond donors (Lipinski definition) is 0. The summed E-state index contributed by atoms with van der Waals surface area (Å²) in [5.41, 5.74) is 0.760. The van der Waals surface area contributed by atoms with Crippen molar-refractivity contribution >= 4 is 6.29 Å². The topological polar surface area (TPSA) is 35.5 Å². The Labute approximate surface area is 81.4 Å². The molecule has 0 saturated carbocycles. The molecule has 1 aromatic rings. The summed E-state index contributed by atoms with van der Waals surface area (Å²) in [6, 6.07) is 2.98. The predicted molar refractivity (Wildman–Crippen MR) is 49.0 cm³/mol. The van der Waals surface area contributed by atoms with E-state index in [1.54, 1.807) is 6.92 Å². The molecule has 0 aliphatic carbocycles. The lowest BCUT2D eigenvalue weighted by molar-refractivity contribution is 0.0481. The lowest BCUT2D eigenvalue weighted by atomic mass is 10.1. The first kappa shape index (κ1) is 10.7. The Morgan fingerprint density at radius 3 is 2.79 bits per heavy atom. The molecule has 3 nitrogen and oxygen atoms in total. The van der Waals surface area contributed by atoms with Gasteiger partial charge in [0.05, 0.1) is 5.56 Å². The minimum atomic E-state index is -0.650. The van der Waals surface area contributed by atoms with E-state index in [2.05, 4.69) is 4.74 Å². The van der Waals surface area contributed by atoms with Gasteiger partial charge in [-0.05, 0) is 24.6 Å². The Kier molecular flexibility index (Phi) is 3.59. The summed E-state index contributed by atoms with van der Waals surface area (Å²) >= 11 is 0. The SMILES string of the molecule is COCOc1cc(C)cc(C=O)c1F. The zero-order valence-corrected chi connectivity index (χ0v) is 8.04. The molecule has 0 aromatic heterocycles. The first-order valence-electron chi connectivity index (χ1n) is 4.06. The second-order valence-electron chi connectivity index (χ2n) is 2.83. The molecule has 0 spiro atoms. The van der Waals surface area contributed by atoms with Crippen LogP contribution in [0.15, 0.2) is 12.1 Å². The van der Waals surface area contributed by atoms with Crippen molar-refractivity contribution in [3.63, 3.8) is 0 Å². The third-order valence-corrected chi connectivity index (χ3v) is 1.67. The fraction of sp³-hybridized carbons (Fsp3) is 0.300. The van der Waals surface area contributed by atoms with E-state index >= 15 is 0 Å². The molecule has 0 fully saturated rings. The van der Waals surface area contributed by atoms with Gasteiger partial charge in [0.15, 0.2) is 24.6 Å². The van der Waals surface area contributed by atoms with Gasteiger partial charge in [0, 0.05) is 7.11 Å². The quantitative estimate of drug-likeness (QED) is 0.547. The molecular weight excluding hydrogens is 187 g/mol. The number of rotatable bonds is 4. The predicted octanol–water partition coefficient (Wildman–Crippen LogP) is 1.93. The highest BCUT2D eigenvalue weighted by Crippen LogP contribution is 2.21. The summed E-state index contributed by atoms with van der Waals surface area (Å²) in [5.74, 6) is -0.614. The lowest BCUT2D eigenvalue weighted by Crippen LogP contribution is -2.03. The summed E-state index contributed by atoms with van der Waals surface area (Å²) in [6.07, 6.45) is 0.460. The van der Waals surface area contributed by atoms with E-state index in [1.807, 2.05) is 0 Å². The highest BCUT2D eigenvalue weighted by molar-refractivity contribution is 5.76. The van der Waals surface area contributed by atoms with Crippen molar-refractivity contribution in [3.05, 3.63) is 29.1 Å². The maximum Gasteiger partial charge on any atom is 0.188 e. The van der Waals surface area contributed by atoms with Crippen LogP contribution in [0.5, 0.6) is 5.75 Å². The van der Waals surface area contributed by atoms with Gasteiger partial charge in [-0.2, -0.15) is 0 Å². The van der Waals surface area contributed by atoms with Crippen LogP contribution in [0.2, 0.25) is 0 Å². The average Bonchev–Trinajstić information content (AvgIpc) is 2.18. The monoisotopic (exact) mass is 198 g/mol. The van der Waals surface area contributed by atoms with Gasteiger partial charge in [-0.1, -0.05) is 0 Å². The molecule has 4 heteroatoms. The van der Waals surface area contributed by atoms with Crippen LogP contribution < -0.4 is 4.74 Å². The van der Waals surface area contributed by atoms with Crippen molar-refractivity contribution in [1.29, 1.82) is 0 Å². The van der Waals surface area contributed by atoms with Crippen LogP contribution in [0, 0.1) is 12.7 Å². The number of methoxy groups -OCH3 is 1. The molecule has 1 rings (SSSR count). The van der Waals surface area contributed by atoms with Gasteiger partial charge in [-0.25, -0.2) is 4.39 Å². The Morgan fingerprint density at radius 1 is 1.50 bits per heavy atom. The number of ether oxygens (including phenoxy) is 2. The van der Waals surface area contributed by atoms with Crippen molar-refractivity contribution in [2.75, 3.05) is 13.9 Å². The standard InChI is InChI=1S/C10H11FO3/c1-7-3-8(5-12)10(11)9(4-7)14-6-13-2/h3-5H,6H2,1-2H3. The molecule has 0 aliphatic heterocycles. The summed E-state index contributed by atoms with van der Waals surface area (Å²) in [7, 11) is 1.44. The molecule has 0 bridgehead atoms. The zero-order valence-electron chi connectivity index (χ0n) is 8.04. The second kappa shape index (κ2) is 4.72. The van der Waals surface area contributed by atoms with Crippen molar-refractivity contribution in [2.24, 2.45) is 0 Å². The Balaban J connectivity index is 3.02. The van der Waals surface area contributed by atoms with Gasteiger partial charge >= 0.3 is 0 Å². The minimum absolute atomic E-state index is 0.00361. The third kappa shape index (κ3) is 2.29. The molecule has 0 radical (unpaired) electrons. The maximum absolute atomic E-state index is 13.4. The maximum atomic E-state index is 13.4. The third-order valence-electron chi connectivity index (χ3n) is 1.67. The first-order valence-corrected chi connectivity index (χ1v) is 4.06. The number of benzene rings is 1. The number of aryl methyl sites for hydroxylation is 1. The van der Waals surface area contributed by atoms with Crippen LogP contribution in [0.3, 0.4) is 0 Å². The van der Waals surface area contributed by atoms with Crippen LogP contribution in [-0.4, -0.2) is 20.2 Å². The van der Waals surface area contributed by atoms with E-state index < -0.39 is 5.82 Å². The summed E-state index contributed by atoms with van der Waals surface area (Å²) < 4.78 is 23.0. The average molecular weight is 198 g/mol. The Morgan fingerprint density at radius 2 is 2.21 bits per heavy atom. The van der Waals surface area contributed by atoms with E-state index in [0.717, 1.165) is 5.56 Å². The van der Waals surface area contributed by atoms with Gasteiger partial charge in [0.1, 0.15) is 0 Å². The molecule has 0 aliphatic rings. The molecule has 0 unspecified atom stereocenters. The lowest BCUT2D eigenvalue weighted by Gasteiger charge is -2.07. The number of aldehydes is 1. The van der Waals surface area contributed by atoms with Crippen LogP contribution in [0.1, 0.15) is 15.9 Å². The summed E-state index contributed by atoms with van der Waals surface area (Å²) in [6.45, 7) is 1.71. The highest BCUT2D eigenvalue weighted by atomic mass is 19.1. The molecule has 0 saturated heterocycles. The number of hydrogen-bond acceptors (Lipinski definition) is 3. The molecule has 14 heavy (non-hydrogen) atoms. The van der Waals surface area contributed by atoms with Gasteiger partial charge in [0.2, 0.25) is 0 Å². The van der Waals surface area contributed by atoms with Crippen molar-refractivity contribution in [3.8, 4) is 5.75 Å². The van der Waals surface area contributed by atoms with Crippen LogP contribution >= 0.6 is 0 Å². The van der Waals surface area contributed by atoms with E-state index in [1.165, 1.54) is 19.2 Å². The summed E-state index contributed by atoms with van der Waals surface area (Å²) in [5, 5.41) is 0. The van der Waals surface area contributed by atoms with Crippen molar-refractivity contribution < 1.29 is 18.7 Å².